The second-order valence-corrected chi connectivity index (χ2v) is 5.09. The van der Waals surface area contributed by atoms with E-state index in [1.165, 1.54) is 4.88 Å². The van der Waals surface area contributed by atoms with Crippen molar-refractivity contribution in [1.29, 1.82) is 0 Å². The monoisotopic (exact) mass is 263 g/mol. The maximum absolute atomic E-state index is 5.60. The van der Waals surface area contributed by atoms with Crippen LogP contribution in [0.4, 0.5) is 0 Å². The molecule has 0 saturated heterocycles. The van der Waals surface area contributed by atoms with E-state index in [1.54, 1.807) is 18.4 Å². The molecule has 2 aromatic rings. The van der Waals surface area contributed by atoms with Gasteiger partial charge in [0.25, 0.3) is 0 Å². The standard InChI is InChI=1S/C13H17N3OS/c1-17-13-5-4-10(9-15-13)7-11(16-14)8-12-3-2-6-18-12/h2-6,9,11,16H,7-8,14H2,1H3. The lowest BCUT2D eigenvalue weighted by Gasteiger charge is -2.14. The summed E-state index contributed by atoms with van der Waals surface area (Å²) >= 11 is 1.75. The lowest BCUT2D eigenvalue weighted by atomic mass is 10.0. The summed E-state index contributed by atoms with van der Waals surface area (Å²) in [5.41, 5.74) is 4.01. The zero-order chi connectivity index (χ0) is 12.8. The second-order valence-electron chi connectivity index (χ2n) is 4.06. The van der Waals surface area contributed by atoms with Crippen LogP contribution in [-0.4, -0.2) is 18.1 Å². The van der Waals surface area contributed by atoms with Gasteiger partial charge in [0.1, 0.15) is 0 Å². The van der Waals surface area contributed by atoms with E-state index < -0.39 is 0 Å². The fourth-order valence-electron chi connectivity index (χ4n) is 1.80. The first-order valence-electron chi connectivity index (χ1n) is 5.79. The molecular formula is C13H17N3OS. The van der Waals surface area contributed by atoms with Crippen molar-refractivity contribution in [3.8, 4) is 5.88 Å². The van der Waals surface area contributed by atoms with Crippen molar-refractivity contribution < 1.29 is 4.74 Å². The van der Waals surface area contributed by atoms with Gasteiger partial charge in [-0.1, -0.05) is 12.1 Å². The van der Waals surface area contributed by atoms with Gasteiger partial charge in [-0.15, -0.1) is 11.3 Å². The third-order valence-corrected chi connectivity index (χ3v) is 3.65. The van der Waals surface area contributed by atoms with Gasteiger partial charge >= 0.3 is 0 Å². The van der Waals surface area contributed by atoms with Crippen molar-refractivity contribution in [3.63, 3.8) is 0 Å². The van der Waals surface area contributed by atoms with E-state index in [2.05, 4.69) is 27.9 Å². The zero-order valence-corrected chi connectivity index (χ0v) is 11.1. The first kappa shape index (κ1) is 13.0. The highest BCUT2D eigenvalue weighted by atomic mass is 32.1. The molecule has 1 atom stereocenters. The number of aromatic nitrogens is 1. The van der Waals surface area contributed by atoms with Crippen LogP contribution in [0.2, 0.25) is 0 Å². The van der Waals surface area contributed by atoms with Crippen LogP contribution in [0.5, 0.6) is 5.88 Å². The molecule has 0 bridgehead atoms. The van der Waals surface area contributed by atoms with Crippen LogP contribution in [0.1, 0.15) is 10.4 Å². The minimum atomic E-state index is 0.221. The first-order chi connectivity index (χ1) is 8.81. The zero-order valence-electron chi connectivity index (χ0n) is 10.3. The van der Waals surface area contributed by atoms with Crippen LogP contribution in [0, 0.1) is 0 Å². The van der Waals surface area contributed by atoms with Crippen molar-refractivity contribution in [3.05, 3.63) is 46.3 Å². The van der Waals surface area contributed by atoms with E-state index in [-0.39, 0.29) is 6.04 Å². The molecule has 0 spiro atoms. The molecule has 0 aliphatic heterocycles. The molecule has 18 heavy (non-hydrogen) atoms. The van der Waals surface area contributed by atoms with Crippen LogP contribution in [0.3, 0.4) is 0 Å². The number of pyridine rings is 1. The molecule has 0 radical (unpaired) electrons. The van der Waals surface area contributed by atoms with Crippen molar-refractivity contribution >= 4 is 11.3 Å². The quantitative estimate of drug-likeness (QED) is 0.616. The van der Waals surface area contributed by atoms with Gasteiger partial charge in [-0.25, -0.2) is 4.98 Å². The minimum Gasteiger partial charge on any atom is -0.481 e. The number of methoxy groups -OCH3 is 1. The Morgan fingerprint density at radius 2 is 2.28 bits per heavy atom. The highest BCUT2D eigenvalue weighted by Gasteiger charge is 2.10. The highest BCUT2D eigenvalue weighted by molar-refractivity contribution is 7.09. The smallest absolute Gasteiger partial charge is 0.212 e. The van der Waals surface area contributed by atoms with E-state index in [0.29, 0.717) is 5.88 Å². The molecule has 0 aliphatic carbocycles. The predicted octanol–water partition coefficient (Wildman–Crippen LogP) is 1.77. The van der Waals surface area contributed by atoms with E-state index >= 15 is 0 Å². The fraction of sp³-hybridized carbons (Fsp3) is 0.308. The number of rotatable bonds is 6. The summed E-state index contributed by atoms with van der Waals surface area (Å²) in [6.07, 6.45) is 3.61. The molecule has 0 amide bonds. The Morgan fingerprint density at radius 1 is 1.39 bits per heavy atom. The van der Waals surface area contributed by atoms with Crippen molar-refractivity contribution in [2.75, 3.05) is 7.11 Å². The summed E-state index contributed by atoms with van der Waals surface area (Å²) in [5.74, 6) is 6.24. The van der Waals surface area contributed by atoms with Gasteiger partial charge in [-0.3, -0.25) is 11.3 Å². The Kier molecular flexibility index (Phi) is 4.69. The number of hydrogen-bond donors (Lipinski definition) is 2. The number of ether oxygens (including phenoxy) is 1. The van der Waals surface area contributed by atoms with Crippen molar-refractivity contribution in [1.82, 2.24) is 10.4 Å². The fourth-order valence-corrected chi connectivity index (χ4v) is 2.59. The van der Waals surface area contributed by atoms with Gasteiger partial charge in [0.15, 0.2) is 0 Å². The van der Waals surface area contributed by atoms with E-state index in [1.807, 2.05) is 18.3 Å². The van der Waals surface area contributed by atoms with Crippen molar-refractivity contribution in [2.45, 2.75) is 18.9 Å². The molecule has 1 unspecified atom stereocenters. The Labute approximate surface area is 111 Å². The first-order valence-corrected chi connectivity index (χ1v) is 6.67. The lowest BCUT2D eigenvalue weighted by molar-refractivity contribution is 0.397. The molecule has 96 valence electrons. The highest BCUT2D eigenvalue weighted by Crippen LogP contribution is 2.14. The Balaban J connectivity index is 1.96. The molecule has 2 rings (SSSR count). The predicted molar refractivity (Wildman–Crippen MR) is 73.6 cm³/mol. The molecular weight excluding hydrogens is 246 g/mol. The summed E-state index contributed by atoms with van der Waals surface area (Å²) in [5, 5.41) is 2.08. The van der Waals surface area contributed by atoms with Gasteiger partial charge in [0, 0.05) is 23.2 Å². The number of nitrogens with two attached hydrogens (primary N) is 1. The summed E-state index contributed by atoms with van der Waals surface area (Å²) in [7, 11) is 1.61. The normalized spacial score (nSPS) is 12.3. The SMILES string of the molecule is COc1ccc(CC(Cc2cccs2)NN)cn1. The maximum Gasteiger partial charge on any atom is 0.212 e. The van der Waals surface area contributed by atoms with Gasteiger partial charge < -0.3 is 4.74 Å². The molecule has 3 N–H and O–H groups in total. The molecule has 0 aromatic carbocycles. The molecule has 0 saturated carbocycles. The van der Waals surface area contributed by atoms with Crippen molar-refractivity contribution in [2.24, 2.45) is 5.84 Å². The van der Waals surface area contributed by atoms with Crippen LogP contribution in [-0.2, 0) is 12.8 Å². The van der Waals surface area contributed by atoms with Gasteiger partial charge in [0.05, 0.1) is 7.11 Å². The largest absolute Gasteiger partial charge is 0.481 e. The third-order valence-electron chi connectivity index (χ3n) is 2.75. The lowest BCUT2D eigenvalue weighted by Crippen LogP contribution is -2.38. The summed E-state index contributed by atoms with van der Waals surface area (Å²) < 4.78 is 5.04. The second kappa shape index (κ2) is 6.49. The molecule has 2 aromatic heterocycles. The Hall–Kier alpha value is -1.43. The average molecular weight is 263 g/mol. The van der Waals surface area contributed by atoms with Crippen LogP contribution in [0.15, 0.2) is 35.8 Å². The number of nitrogens with one attached hydrogen (secondary N) is 1. The summed E-state index contributed by atoms with van der Waals surface area (Å²) in [6, 6.07) is 8.29. The molecule has 2 heterocycles. The van der Waals surface area contributed by atoms with E-state index in [4.69, 9.17) is 10.6 Å². The van der Waals surface area contributed by atoms with E-state index in [0.717, 1.165) is 18.4 Å². The number of nitrogens with zero attached hydrogens (tertiary/aromatic N) is 1. The maximum atomic E-state index is 5.60. The molecule has 0 fully saturated rings. The Morgan fingerprint density at radius 3 is 2.83 bits per heavy atom. The van der Waals surface area contributed by atoms with E-state index in [9.17, 15) is 0 Å². The van der Waals surface area contributed by atoms with Crippen LogP contribution in [0.25, 0.3) is 0 Å². The van der Waals surface area contributed by atoms with Crippen LogP contribution < -0.4 is 16.0 Å². The van der Waals surface area contributed by atoms with Gasteiger partial charge in [-0.05, 0) is 29.9 Å². The van der Waals surface area contributed by atoms with Gasteiger partial charge in [0.2, 0.25) is 5.88 Å². The third kappa shape index (κ3) is 3.53. The summed E-state index contributed by atoms with van der Waals surface area (Å²) in [6.45, 7) is 0. The summed E-state index contributed by atoms with van der Waals surface area (Å²) in [4.78, 5) is 5.53. The topological polar surface area (TPSA) is 60.2 Å². The number of hydrogen-bond acceptors (Lipinski definition) is 5. The average Bonchev–Trinajstić information content (AvgIpc) is 2.91. The minimum absolute atomic E-state index is 0.221. The van der Waals surface area contributed by atoms with Gasteiger partial charge in [-0.2, -0.15) is 0 Å². The molecule has 0 aliphatic rings. The number of hydrazine groups is 1. The molecule has 5 heteroatoms. The number of thiophene rings is 1. The Bertz CT molecular complexity index is 456. The van der Waals surface area contributed by atoms with Crippen LogP contribution >= 0.6 is 11.3 Å². The molecule has 4 nitrogen and oxygen atoms in total.